The zero-order valence-electron chi connectivity index (χ0n) is 24.8. The van der Waals surface area contributed by atoms with E-state index in [9.17, 15) is 19.5 Å². The number of carbonyl (C=O) groups excluding carboxylic acids is 3. The van der Waals surface area contributed by atoms with Gasteiger partial charge in [-0.25, -0.2) is 4.79 Å². The van der Waals surface area contributed by atoms with Crippen LogP contribution in [0, 0.1) is 5.92 Å². The third-order valence-electron chi connectivity index (χ3n) is 7.78. The number of urea groups is 1. The summed E-state index contributed by atoms with van der Waals surface area (Å²) in [6.07, 6.45) is -0.0322. The number of para-hydroxylation sites is 1. The molecule has 0 unspecified atom stereocenters. The first-order chi connectivity index (χ1) is 20.2. The first kappa shape index (κ1) is 31.3. The molecule has 3 atom stereocenters. The number of nitrogens with one attached hydrogen (secondary N) is 2. The van der Waals surface area contributed by atoms with Gasteiger partial charge < -0.3 is 35.0 Å². The largest absolute Gasteiger partial charge is 0.488 e. The molecular weight excluding hydrogens is 538 g/mol. The predicted octanol–water partition coefficient (Wildman–Crippen LogP) is 2.66. The number of nitrogens with zero attached hydrogens (tertiary/aromatic N) is 3. The summed E-state index contributed by atoms with van der Waals surface area (Å²) < 4.78 is 11.9. The molecule has 4 rings (SSSR count). The molecule has 11 nitrogen and oxygen atoms in total. The molecule has 2 aromatic carbocycles. The Morgan fingerprint density at radius 2 is 1.83 bits per heavy atom. The fraction of sp³-hybridized carbons (Fsp3) is 0.516. The summed E-state index contributed by atoms with van der Waals surface area (Å²) in [4.78, 5) is 44.6. The van der Waals surface area contributed by atoms with Crippen molar-refractivity contribution in [2.75, 3.05) is 70.2 Å². The Morgan fingerprint density at radius 3 is 2.55 bits per heavy atom. The number of anilines is 2. The lowest BCUT2D eigenvalue weighted by molar-refractivity contribution is -0.134. The van der Waals surface area contributed by atoms with Gasteiger partial charge in [-0.2, -0.15) is 0 Å². The van der Waals surface area contributed by atoms with Crippen LogP contribution in [-0.4, -0.2) is 109 Å². The maximum absolute atomic E-state index is 13.5. The zero-order valence-corrected chi connectivity index (χ0v) is 24.8. The summed E-state index contributed by atoms with van der Waals surface area (Å²) in [5, 5.41) is 15.7. The molecule has 0 spiro atoms. The molecule has 3 N–H and O–H groups in total. The van der Waals surface area contributed by atoms with E-state index in [0.717, 1.165) is 13.1 Å². The average molecular weight is 582 g/mol. The third kappa shape index (κ3) is 8.67. The van der Waals surface area contributed by atoms with Crippen LogP contribution in [0.1, 0.15) is 25.8 Å². The Hall–Kier alpha value is -3.67. The fourth-order valence-electron chi connectivity index (χ4n) is 5.13. The summed E-state index contributed by atoms with van der Waals surface area (Å²) >= 11 is 0. The van der Waals surface area contributed by atoms with E-state index >= 15 is 0 Å². The van der Waals surface area contributed by atoms with E-state index < -0.39 is 6.10 Å². The molecule has 0 saturated carbocycles. The van der Waals surface area contributed by atoms with Gasteiger partial charge in [0.15, 0.2) is 0 Å². The van der Waals surface area contributed by atoms with E-state index in [0.29, 0.717) is 55.4 Å². The van der Waals surface area contributed by atoms with Crippen LogP contribution in [-0.2, 0) is 20.7 Å². The van der Waals surface area contributed by atoms with Gasteiger partial charge in [-0.15, -0.1) is 0 Å². The lowest BCUT2D eigenvalue weighted by Gasteiger charge is -2.34. The molecule has 0 radical (unpaired) electrons. The average Bonchev–Trinajstić information content (AvgIpc) is 3.04. The lowest BCUT2D eigenvalue weighted by Crippen LogP contribution is -2.48. The van der Waals surface area contributed by atoms with Crippen LogP contribution in [0.15, 0.2) is 48.5 Å². The maximum atomic E-state index is 13.5. The minimum Gasteiger partial charge on any atom is -0.488 e. The number of carbonyl (C=O) groups is 3. The molecule has 2 aliphatic rings. The number of ether oxygens (including phenoxy) is 2. The fourth-order valence-corrected chi connectivity index (χ4v) is 5.13. The molecular formula is C31H43N5O6. The van der Waals surface area contributed by atoms with Gasteiger partial charge in [-0.1, -0.05) is 25.1 Å². The van der Waals surface area contributed by atoms with Crippen LogP contribution in [0.5, 0.6) is 5.75 Å². The second kappa shape index (κ2) is 15.0. The molecule has 0 aromatic heterocycles. The Morgan fingerprint density at radius 1 is 1.10 bits per heavy atom. The quantitative estimate of drug-likeness (QED) is 0.416. The smallest absolute Gasteiger partial charge is 0.321 e. The lowest BCUT2D eigenvalue weighted by atomic mass is 10.0. The summed E-state index contributed by atoms with van der Waals surface area (Å²) in [6, 6.07) is 13.9. The van der Waals surface area contributed by atoms with Crippen molar-refractivity contribution in [1.82, 2.24) is 14.7 Å². The second-order valence-electron chi connectivity index (χ2n) is 11.1. The van der Waals surface area contributed by atoms with Gasteiger partial charge >= 0.3 is 6.03 Å². The monoisotopic (exact) mass is 581 g/mol. The van der Waals surface area contributed by atoms with Gasteiger partial charge in [0.05, 0.1) is 38.8 Å². The number of rotatable bonds is 9. The van der Waals surface area contributed by atoms with Crippen molar-refractivity contribution in [3.63, 3.8) is 0 Å². The van der Waals surface area contributed by atoms with E-state index in [1.807, 2.05) is 44.2 Å². The van der Waals surface area contributed by atoms with Crippen LogP contribution in [0.4, 0.5) is 16.2 Å². The Balaban J connectivity index is 1.50. The standard InChI is InChI=1S/C31H43N5O6/c1-22-19-36(23(2)21-37)30(39)18-24-17-26(32-29(38)11-12-35-13-15-41-16-14-35)9-10-27(24)42-28(22)20-34(3)31(40)33-25-7-5-4-6-8-25/h4-10,17,22-23,28,37H,11-16,18-21H2,1-3H3,(H,32,38)(H,33,40)/t22-,23-,28+/m1/s1. The van der Waals surface area contributed by atoms with Gasteiger partial charge in [0.2, 0.25) is 11.8 Å². The number of aliphatic hydroxyl groups excluding tert-OH is 1. The first-order valence-corrected chi connectivity index (χ1v) is 14.6. The molecule has 0 bridgehead atoms. The molecule has 2 aliphatic heterocycles. The van der Waals surface area contributed by atoms with Crippen molar-refractivity contribution in [2.24, 2.45) is 5.92 Å². The number of aliphatic hydroxyl groups is 1. The maximum Gasteiger partial charge on any atom is 0.321 e. The minimum atomic E-state index is -0.441. The molecule has 2 heterocycles. The third-order valence-corrected chi connectivity index (χ3v) is 7.78. The van der Waals surface area contributed by atoms with Crippen molar-refractivity contribution < 1.29 is 29.0 Å². The Bertz CT molecular complexity index is 1210. The number of amides is 4. The van der Waals surface area contributed by atoms with E-state index in [1.165, 1.54) is 0 Å². The van der Waals surface area contributed by atoms with E-state index in [2.05, 4.69) is 15.5 Å². The molecule has 228 valence electrons. The molecule has 42 heavy (non-hydrogen) atoms. The highest BCUT2D eigenvalue weighted by Gasteiger charge is 2.32. The number of benzene rings is 2. The minimum absolute atomic E-state index is 0.0565. The van der Waals surface area contributed by atoms with Gasteiger partial charge in [0.1, 0.15) is 11.9 Å². The van der Waals surface area contributed by atoms with Gasteiger partial charge in [0, 0.05) is 62.5 Å². The molecule has 1 saturated heterocycles. The van der Waals surface area contributed by atoms with Crippen molar-refractivity contribution >= 4 is 29.2 Å². The predicted molar refractivity (Wildman–Crippen MR) is 161 cm³/mol. The van der Waals surface area contributed by atoms with Crippen LogP contribution < -0.4 is 15.4 Å². The van der Waals surface area contributed by atoms with Crippen molar-refractivity contribution in [3.05, 3.63) is 54.1 Å². The number of hydrogen-bond acceptors (Lipinski definition) is 7. The van der Waals surface area contributed by atoms with Crippen LogP contribution in [0.2, 0.25) is 0 Å². The van der Waals surface area contributed by atoms with Crippen LogP contribution in [0.25, 0.3) is 0 Å². The SMILES string of the molecule is C[C@@H]1CN([C@H](C)CO)C(=O)Cc2cc(NC(=O)CCN3CCOCC3)ccc2O[C@H]1CN(C)C(=O)Nc1ccccc1. The normalized spacial score (nSPS) is 20.3. The Labute approximate surface area is 247 Å². The molecule has 11 heteroatoms. The topological polar surface area (TPSA) is 124 Å². The zero-order chi connectivity index (χ0) is 30.1. The van der Waals surface area contributed by atoms with Gasteiger partial charge in [-0.05, 0) is 37.3 Å². The van der Waals surface area contributed by atoms with Crippen LogP contribution in [0.3, 0.4) is 0 Å². The summed E-state index contributed by atoms with van der Waals surface area (Å²) in [6.45, 7) is 7.90. The highest BCUT2D eigenvalue weighted by Crippen LogP contribution is 2.29. The second-order valence-corrected chi connectivity index (χ2v) is 11.1. The highest BCUT2D eigenvalue weighted by atomic mass is 16.5. The van der Waals surface area contributed by atoms with E-state index in [1.54, 1.807) is 35.0 Å². The van der Waals surface area contributed by atoms with E-state index in [4.69, 9.17) is 9.47 Å². The first-order valence-electron chi connectivity index (χ1n) is 14.6. The van der Waals surface area contributed by atoms with E-state index in [-0.39, 0.29) is 49.4 Å². The van der Waals surface area contributed by atoms with Crippen LogP contribution >= 0.6 is 0 Å². The molecule has 1 fully saturated rings. The summed E-state index contributed by atoms with van der Waals surface area (Å²) in [5.41, 5.74) is 1.91. The van der Waals surface area contributed by atoms with Crippen molar-refractivity contribution in [2.45, 2.75) is 38.8 Å². The molecule has 0 aliphatic carbocycles. The molecule has 4 amide bonds. The summed E-state index contributed by atoms with van der Waals surface area (Å²) in [7, 11) is 1.71. The number of morpholine rings is 1. The van der Waals surface area contributed by atoms with Gasteiger partial charge in [-0.3, -0.25) is 14.5 Å². The number of hydrogen-bond donors (Lipinski definition) is 3. The summed E-state index contributed by atoms with van der Waals surface area (Å²) in [5.74, 6) is 0.132. The van der Waals surface area contributed by atoms with Crippen molar-refractivity contribution in [3.8, 4) is 5.75 Å². The molecule has 2 aromatic rings. The van der Waals surface area contributed by atoms with Gasteiger partial charge in [0.25, 0.3) is 0 Å². The Kier molecular flexibility index (Phi) is 11.2. The van der Waals surface area contributed by atoms with Crippen molar-refractivity contribution in [1.29, 1.82) is 0 Å². The number of fused-ring (bicyclic) bond motifs is 1. The highest BCUT2D eigenvalue weighted by molar-refractivity contribution is 5.91. The number of likely N-dealkylation sites (N-methyl/N-ethyl adjacent to an activating group) is 1.